The monoisotopic (exact) mass is 319 g/mol. The number of hydrogen-bond acceptors (Lipinski definition) is 2. The molecule has 0 unspecified atom stereocenters. The summed E-state index contributed by atoms with van der Waals surface area (Å²) in [4.78, 5) is 22.4. The molecule has 0 N–H and O–H groups in total. The maximum Gasteiger partial charge on any atom is 0.250 e. The van der Waals surface area contributed by atoms with E-state index in [0.717, 1.165) is 28.4 Å². The zero-order chi connectivity index (χ0) is 13.8. The first-order valence-electron chi connectivity index (χ1n) is 6.02. The van der Waals surface area contributed by atoms with Crippen LogP contribution in [0.5, 0.6) is 0 Å². The van der Waals surface area contributed by atoms with Crippen molar-refractivity contribution in [1.82, 2.24) is 4.57 Å². The Hall–Kier alpha value is -1.68. The summed E-state index contributed by atoms with van der Waals surface area (Å²) in [6, 6.07) is 10.8. The number of halogens is 1. The summed E-state index contributed by atoms with van der Waals surface area (Å²) < 4.78 is 2.68. The van der Waals surface area contributed by atoms with E-state index in [0.29, 0.717) is 12.1 Å². The van der Waals surface area contributed by atoms with Crippen LogP contribution in [-0.2, 0) is 13.0 Å². The van der Waals surface area contributed by atoms with Gasteiger partial charge in [0.15, 0.2) is 0 Å². The van der Waals surface area contributed by atoms with Gasteiger partial charge in [-0.1, -0.05) is 24.3 Å². The molecule has 1 aromatic carbocycles. The van der Waals surface area contributed by atoms with Crippen molar-refractivity contribution in [2.24, 2.45) is 0 Å². The minimum atomic E-state index is 0.00483. The molecule has 0 saturated carbocycles. The molecule has 0 amide bonds. The molecule has 4 heteroatoms. The number of aromatic nitrogens is 1. The Balaban J connectivity index is 2.16. The van der Waals surface area contributed by atoms with Crippen LogP contribution in [0.3, 0.4) is 0 Å². The van der Waals surface area contributed by atoms with Crippen LogP contribution in [0.25, 0.3) is 0 Å². The van der Waals surface area contributed by atoms with E-state index in [1.54, 1.807) is 28.8 Å². The van der Waals surface area contributed by atoms with E-state index in [2.05, 4.69) is 15.9 Å². The van der Waals surface area contributed by atoms with Gasteiger partial charge in [0, 0.05) is 28.3 Å². The lowest BCUT2D eigenvalue weighted by Gasteiger charge is -2.11. The number of aldehydes is 1. The molecule has 19 heavy (non-hydrogen) atoms. The highest BCUT2D eigenvalue weighted by atomic mass is 79.9. The van der Waals surface area contributed by atoms with Crippen molar-refractivity contribution in [2.45, 2.75) is 19.9 Å². The van der Waals surface area contributed by atoms with E-state index < -0.39 is 0 Å². The topological polar surface area (TPSA) is 39.1 Å². The number of rotatable bonds is 4. The summed E-state index contributed by atoms with van der Waals surface area (Å²) in [5.41, 5.74) is 2.71. The summed E-state index contributed by atoms with van der Waals surface area (Å²) in [6.45, 7) is 2.55. The molecule has 0 atom stereocenters. The second-order valence-electron chi connectivity index (χ2n) is 4.37. The van der Waals surface area contributed by atoms with Gasteiger partial charge in [0.25, 0.3) is 5.56 Å². The summed E-state index contributed by atoms with van der Waals surface area (Å²) >= 11 is 3.43. The third-order valence-electron chi connectivity index (χ3n) is 3.13. The average Bonchev–Trinajstić information content (AvgIpc) is 2.44. The normalized spacial score (nSPS) is 10.4. The van der Waals surface area contributed by atoms with E-state index in [4.69, 9.17) is 0 Å². The van der Waals surface area contributed by atoms with Crippen LogP contribution in [0.2, 0.25) is 0 Å². The molecule has 0 saturated heterocycles. The van der Waals surface area contributed by atoms with Crippen LogP contribution in [0.15, 0.2) is 45.7 Å². The number of carbonyl (C=O) groups is 1. The van der Waals surface area contributed by atoms with Crippen molar-refractivity contribution in [3.8, 4) is 0 Å². The number of benzene rings is 1. The molecule has 2 rings (SSSR count). The first kappa shape index (κ1) is 13.7. The van der Waals surface area contributed by atoms with Gasteiger partial charge in [-0.05, 0) is 40.9 Å². The van der Waals surface area contributed by atoms with E-state index in [-0.39, 0.29) is 5.56 Å². The Bertz CT molecular complexity index is 644. The zero-order valence-corrected chi connectivity index (χ0v) is 12.2. The minimum Gasteiger partial charge on any atom is -0.311 e. The van der Waals surface area contributed by atoms with Gasteiger partial charge in [0.05, 0.1) is 0 Å². The summed E-state index contributed by atoms with van der Waals surface area (Å²) in [5, 5.41) is 0. The number of nitrogens with zero attached hydrogens (tertiary/aromatic N) is 1. The molecule has 98 valence electrons. The van der Waals surface area contributed by atoms with Crippen LogP contribution in [-0.4, -0.2) is 10.9 Å². The quantitative estimate of drug-likeness (QED) is 0.813. The molecular formula is C15H14BrNO2. The van der Waals surface area contributed by atoms with Crippen molar-refractivity contribution in [2.75, 3.05) is 0 Å². The highest BCUT2D eigenvalue weighted by Crippen LogP contribution is 2.13. The van der Waals surface area contributed by atoms with Crippen molar-refractivity contribution in [3.05, 3.63) is 68.0 Å². The predicted octanol–water partition coefficient (Wildman–Crippen LogP) is 2.97. The standard InChI is InChI=1S/C15H14BrNO2/c1-11-14(16)6-7-15(19)17(11)9-8-12-2-4-13(10-18)5-3-12/h2-7,10H,8-9H2,1H3. The fourth-order valence-corrected chi connectivity index (χ4v) is 2.28. The fourth-order valence-electron chi connectivity index (χ4n) is 1.93. The lowest BCUT2D eigenvalue weighted by Crippen LogP contribution is -2.22. The predicted molar refractivity (Wildman–Crippen MR) is 78.7 cm³/mol. The third-order valence-corrected chi connectivity index (χ3v) is 3.97. The SMILES string of the molecule is Cc1c(Br)ccc(=O)n1CCc1ccc(C=O)cc1. The maximum absolute atomic E-state index is 11.8. The molecule has 2 aromatic rings. The molecule has 0 aliphatic carbocycles. The molecule has 1 aromatic heterocycles. The van der Waals surface area contributed by atoms with Gasteiger partial charge >= 0.3 is 0 Å². The van der Waals surface area contributed by atoms with Gasteiger partial charge in [-0.25, -0.2) is 0 Å². The minimum absolute atomic E-state index is 0.00483. The van der Waals surface area contributed by atoms with Gasteiger partial charge in [0.2, 0.25) is 0 Å². The molecule has 0 radical (unpaired) electrons. The second kappa shape index (κ2) is 5.97. The number of aryl methyl sites for hydroxylation is 1. The lowest BCUT2D eigenvalue weighted by molar-refractivity contribution is 0.112. The molecule has 0 bridgehead atoms. The van der Waals surface area contributed by atoms with E-state index in [1.807, 2.05) is 19.1 Å². The number of pyridine rings is 1. The second-order valence-corrected chi connectivity index (χ2v) is 5.22. The summed E-state index contributed by atoms with van der Waals surface area (Å²) in [6.07, 6.45) is 1.59. The van der Waals surface area contributed by atoms with Gasteiger partial charge in [0.1, 0.15) is 6.29 Å². The molecule has 0 aliphatic rings. The third kappa shape index (κ3) is 3.20. The van der Waals surface area contributed by atoms with Gasteiger partial charge in [-0.15, -0.1) is 0 Å². The molecule has 3 nitrogen and oxygen atoms in total. The molecule has 0 aliphatic heterocycles. The first-order chi connectivity index (χ1) is 9.11. The van der Waals surface area contributed by atoms with Crippen molar-refractivity contribution < 1.29 is 4.79 Å². The molecule has 0 fully saturated rings. The highest BCUT2D eigenvalue weighted by molar-refractivity contribution is 9.10. The Morgan fingerprint density at radius 3 is 2.47 bits per heavy atom. The van der Waals surface area contributed by atoms with Crippen molar-refractivity contribution in [1.29, 1.82) is 0 Å². The van der Waals surface area contributed by atoms with Crippen LogP contribution < -0.4 is 5.56 Å². The number of carbonyl (C=O) groups excluding carboxylic acids is 1. The van der Waals surface area contributed by atoms with Crippen LogP contribution in [0.1, 0.15) is 21.6 Å². The Kier molecular flexibility index (Phi) is 4.32. The fraction of sp³-hybridized carbons (Fsp3) is 0.200. The molecule has 0 spiro atoms. The van der Waals surface area contributed by atoms with Crippen LogP contribution >= 0.6 is 15.9 Å². The summed E-state index contributed by atoms with van der Waals surface area (Å²) in [7, 11) is 0. The van der Waals surface area contributed by atoms with Gasteiger partial charge in [-0.3, -0.25) is 9.59 Å². The Labute approximate surface area is 120 Å². The smallest absolute Gasteiger partial charge is 0.250 e. The molecular weight excluding hydrogens is 306 g/mol. The van der Waals surface area contributed by atoms with Gasteiger partial charge < -0.3 is 4.57 Å². The Morgan fingerprint density at radius 2 is 1.84 bits per heavy atom. The first-order valence-corrected chi connectivity index (χ1v) is 6.81. The summed E-state index contributed by atoms with van der Waals surface area (Å²) in [5.74, 6) is 0. The van der Waals surface area contributed by atoms with Crippen molar-refractivity contribution in [3.63, 3.8) is 0 Å². The average molecular weight is 320 g/mol. The largest absolute Gasteiger partial charge is 0.311 e. The van der Waals surface area contributed by atoms with Crippen molar-refractivity contribution >= 4 is 22.2 Å². The Morgan fingerprint density at radius 1 is 1.16 bits per heavy atom. The highest BCUT2D eigenvalue weighted by Gasteiger charge is 2.04. The maximum atomic E-state index is 11.8. The lowest BCUT2D eigenvalue weighted by atomic mass is 10.1. The zero-order valence-electron chi connectivity index (χ0n) is 10.6. The van der Waals surface area contributed by atoms with Gasteiger partial charge in [-0.2, -0.15) is 0 Å². The van der Waals surface area contributed by atoms with E-state index in [9.17, 15) is 9.59 Å². The van der Waals surface area contributed by atoms with Crippen LogP contribution in [0.4, 0.5) is 0 Å². The van der Waals surface area contributed by atoms with Crippen LogP contribution in [0, 0.1) is 6.92 Å². The van der Waals surface area contributed by atoms with E-state index >= 15 is 0 Å². The molecule has 1 heterocycles. The number of hydrogen-bond donors (Lipinski definition) is 0. The van der Waals surface area contributed by atoms with E-state index in [1.165, 1.54) is 0 Å².